The first-order valence-electron chi connectivity index (χ1n) is 10.4. The van der Waals surface area contributed by atoms with Crippen LogP contribution in [0, 0.1) is 0 Å². The Hall–Kier alpha value is -3.87. The standard InChI is InChI=1S/C24H24N6O/c1-29(2)20-5-3-4-19(14-20)27-22-12-13-25-23-21(15-26-30(22)23)16-6-8-17(9-7-16)24(31)28-18-10-11-18/h3-9,12-15,18,27H,10-11H2,1-2H3,(H,28,31). The topological polar surface area (TPSA) is 74.6 Å². The summed E-state index contributed by atoms with van der Waals surface area (Å²) in [6.07, 6.45) is 5.74. The van der Waals surface area contributed by atoms with Crippen molar-refractivity contribution in [3.63, 3.8) is 0 Å². The van der Waals surface area contributed by atoms with Gasteiger partial charge in [0.05, 0.1) is 6.20 Å². The molecule has 0 atom stereocenters. The first-order chi connectivity index (χ1) is 15.1. The van der Waals surface area contributed by atoms with E-state index in [9.17, 15) is 4.79 Å². The van der Waals surface area contributed by atoms with E-state index in [1.807, 2.05) is 62.8 Å². The fourth-order valence-corrected chi connectivity index (χ4v) is 3.50. The Balaban J connectivity index is 1.42. The maximum Gasteiger partial charge on any atom is 0.251 e. The smallest absolute Gasteiger partial charge is 0.251 e. The fourth-order valence-electron chi connectivity index (χ4n) is 3.50. The molecule has 0 unspecified atom stereocenters. The number of nitrogens with one attached hydrogen (secondary N) is 2. The largest absolute Gasteiger partial charge is 0.378 e. The summed E-state index contributed by atoms with van der Waals surface area (Å²) in [5.41, 5.74) is 5.40. The van der Waals surface area contributed by atoms with Gasteiger partial charge in [0.2, 0.25) is 0 Å². The van der Waals surface area contributed by atoms with Gasteiger partial charge < -0.3 is 15.5 Å². The van der Waals surface area contributed by atoms with Crippen LogP contribution in [-0.4, -0.2) is 40.6 Å². The lowest BCUT2D eigenvalue weighted by atomic mass is 10.1. The van der Waals surface area contributed by atoms with Gasteiger partial charge in [-0.1, -0.05) is 18.2 Å². The van der Waals surface area contributed by atoms with Crippen LogP contribution in [0.2, 0.25) is 0 Å². The summed E-state index contributed by atoms with van der Waals surface area (Å²) in [4.78, 5) is 18.8. The van der Waals surface area contributed by atoms with Crippen LogP contribution in [-0.2, 0) is 0 Å². The van der Waals surface area contributed by atoms with E-state index < -0.39 is 0 Å². The molecule has 0 bridgehead atoms. The number of hydrogen-bond donors (Lipinski definition) is 2. The molecular formula is C24H24N6O. The van der Waals surface area contributed by atoms with E-state index in [4.69, 9.17) is 0 Å². The summed E-state index contributed by atoms with van der Waals surface area (Å²) in [6.45, 7) is 0. The van der Waals surface area contributed by atoms with Gasteiger partial charge in [-0.05, 0) is 54.8 Å². The molecule has 7 heteroatoms. The number of anilines is 3. The molecule has 0 radical (unpaired) electrons. The van der Waals surface area contributed by atoms with E-state index in [0.717, 1.165) is 46.8 Å². The third-order valence-corrected chi connectivity index (χ3v) is 5.41. The number of rotatable bonds is 6. The Morgan fingerprint density at radius 2 is 1.90 bits per heavy atom. The molecule has 0 spiro atoms. The third-order valence-electron chi connectivity index (χ3n) is 5.41. The van der Waals surface area contributed by atoms with Gasteiger partial charge in [-0.15, -0.1) is 0 Å². The van der Waals surface area contributed by atoms with Gasteiger partial charge in [0, 0.05) is 48.8 Å². The van der Waals surface area contributed by atoms with Crippen molar-refractivity contribution in [1.29, 1.82) is 0 Å². The predicted octanol–water partition coefficient (Wildman–Crippen LogP) is 4.10. The van der Waals surface area contributed by atoms with Crippen LogP contribution in [0.1, 0.15) is 23.2 Å². The van der Waals surface area contributed by atoms with Crippen molar-refractivity contribution in [2.75, 3.05) is 24.3 Å². The van der Waals surface area contributed by atoms with E-state index in [2.05, 4.69) is 37.7 Å². The van der Waals surface area contributed by atoms with Gasteiger partial charge in [-0.25, -0.2) is 4.98 Å². The first-order valence-corrected chi connectivity index (χ1v) is 10.4. The molecule has 31 heavy (non-hydrogen) atoms. The molecule has 1 saturated carbocycles. The number of hydrogen-bond acceptors (Lipinski definition) is 5. The Labute approximate surface area is 180 Å². The Morgan fingerprint density at radius 3 is 2.65 bits per heavy atom. The maximum atomic E-state index is 12.2. The van der Waals surface area contributed by atoms with Crippen molar-refractivity contribution in [3.05, 3.63) is 72.6 Å². The van der Waals surface area contributed by atoms with E-state index >= 15 is 0 Å². The Morgan fingerprint density at radius 1 is 1.10 bits per heavy atom. The average molecular weight is 412 g/mol. The van der Waals surface area contributed by atoms with Crippen molar-refractivity contribution in [1.82, 2.24) is 19.9 Å². The van der Waals surface area contributed by atoms with Gasteiger partial charge in [0.15, 0.2) is 5.65 Å². The molecule has 1 fully saturated rings. The number of carbonyl (C=O) groups excluding carboxylic acids is 1. The van der Waals surface area contributed by atoms with Crippen molar-refractivity contribution in [2.45, 2.75) is 18.9 Å². The zero-order valence-electron chi connectivity index (χ0n) is 17.5. The molecule has 0 saturated heterocycles. The number of aromatic nitrogens is 3. The minimum Gasteiger partial charge on any atom is -0.378 e. The Bertz CT molecular complexity index is 1240. The van der Waals surface area contributed by atoms with Crippen LogP contribution < -0.4 is 15.5 Å². The lowest BCUT2D eigenvalue weighted by Crippen LogP contribution is -2.25. The summed E-state index contributed by atoms with van der Waals surface area (Å²) >= 11 is 0. The summed E-state index contributed by atoms with van der Waals surface area (Å²) in [6, 6.07) is 18.0. The zero-order valence-corrected chi connectivity index (χ0v) is 17.5. The predicted molar refractivity (Wildman–Crippen MR) is 123 cm³/mol. The van der Waals surface area contributed by atoms with Crippen molar-refractivity contribution >= 4 is 28.7 Å². The third kappa shape index (κ3) is 3.94. The van der Waals surface area contributed by atoms with Crippen LogP contribution in [0.4, 0.5) is 17.2 Å². The van der Waals surface area contributed by atoms with Gasteiger partial charge in [0.1, 0.15) is 5.82 Å². The normalized spacial score (nSPS) is 13.2. The Kier molecular flexibility index (Phi) is 4.78. The first kappa shape index (κ1) is 19.1. The second-order valence-electron chi connectivity index (χ2n) is 8.02. The van der Waals surface area contributed by atoms with Crippen molar-refractivity contribution < 1.29 is 4.79 Å². The number of nitrogens with zero attached hydrogens (tertiary/aromatic N) is 4. The highest BCUT2D eigenvalue weighted by Gasteiger charge is 2.23. The highest BCUT2D eigenvalue weighted by atomic mass is 16.1. The van der Waals surface area contributed by atoms with E-state index in [-0.39, 0.29) is 5.91 Å². The monoisotopic (exact) mass is 412 g/mol. The van der Waals surface area contributed by atoms with Crippen LogP contribution in [0.3, 0.4) is 0 Å². The maximum absolute atomic E-state index is 12.2. The molecule has 1 aliphatic rings. The molecule has 5 rings (SSSR count). The molecule has 0 aliphatic heterocycles. The number of benzene rings is 2. The second-order valence-corrected chi connectivity index (χ2v) is 8.02. The second kappa shape index (κ2) is 7.75. The van der Waals surface area contributed by atoms with E-state index in [0.29, 0.717) is 11.6 Å². The molecule has 1 amide bonds. The summed E-state index contributed by atoms with van der Waals surface area (Å²) in [5, 5.41) is 11.0. The average Bonchev–Trinajstić information content (AvgIpc) is 3.49. The van der Waals surface area contributed by atoms with Crippen LogP contribution >= 0.6 is 0 Å². The quantitative estimate of drug-likeness (QED) is 0.499. The summed E-state index contributed by atoms with van der Waals surface area (Å²) in [5.74, 6) is 0.811. The SMILES string of the molecule is CN(C)c1cccc(Nc2ccnc3c(-c4ccc(C(=O)NC5CC5)cc4)cnn23)c1. The lowest BCUT2D eigenvalue weighted by molar-refractivity contribution is 0.0951. The van der Waals surface area contributed by atoms with E-state index in [1.165, 1.54) is 0 Å². The molecule has 2 aromatic heterocycles. The molecule has 1 aliphatic carbocycles. The van der Waals surface area contributed by atoms with Gasteiger partial charge in [0.25, 0.3) is 5.91 Å². The summed E-state index contributed by atoms with van der Waals surface area (Å²) < 4.78 is 1.80. The molecule has 7 nitrogen and oxygen atoms in total. The highest BCUT2D eigenvalue weighted by molar-refractivity contribution is 5.95. The molecular weight excluding hydrogens is 388 g/mol. The lowest BCUT2D eigenvalue weighted by Gasteiger charge is -2.14. The van der Waals surface area contributed by atoms with Crippen LogP contribution in [0.5, 0.6) is 0 Å². The molecule has 156 valence electrons. The number of amides is 1. The van der Waals surface area contributed by atoms with Gasteiger partial charge in [-0.3, -0.25) is 4.79 Å². The minimum atomic E-state index is -0.0153. The minimum absolute atomic E-state index is 0.0153. The molecule has 2 aromatic carbocycles. The number of fused-ring (bicyclic) bond motifs is 1. The van der Waals surface area contributed by atoms with Gasteiger partial charge in [-0.2, -0.15) is 9.61 Å². The fraction of sp³-hybridized carbons (Fsp3) is 0.208. The van der Waals surface area contributed by atoms with Crippen molar-refractivity contribution in [2.24, 2.45) is 0 Å². The molecule has 4 aromatic rings. The van der Waals surface area contributed by atoms with Crippen LogP contribution in [0.25, 0.3) is 16.8 Å². The summed E-state index contributed by atoms with van der Waals surface area (Å²) in [7, 11) is 4.04. The van der Waals surface area contributed by atoms with E-state index in [1.54, 1.807) is 10.7 Å². The van der Waals surface area contributed by atoms with Crippen molar-refractivity contribution in [3.8, 4) is 11.1 Å². The van der Waals surface area contributed by atoms with Crippen LogP contribution in [0.15, 0.2) is 67.0 Å². The zero-order chi connectivity index (χ0) is 21.4. The molecule has 2 N–H and O–H groups in total. The molecule has 2 heterocycles. The highest BCUT2D eigenvalue weighted by Crippen LogP contribution is 2.27. The van der Waals surface area contributed by atoms with Gasteiger partial charge >= 0.3 is 0 Å². The number of carbonyl (C=O) groups is 1.